The molecule has 4 aromatic rings. The van der Waals surface area contributed by atoms with Gasteiger partial charge in [0.15, 0.2) is 11.5 Å². The highest BCUT2D eigenvalue weighted by atomic mass is 32.1. The summed E-state index contributed by atoms with van der Waals surface area (Å²) in [5.74, 6) is 2.05. The molecule has 0 saturated carbocycles. The molecule has 0 saturated heterocycles. The monoisotopic (exact) mass is 435 g/mol. The van der Waals surface area contributed by atoms with Crippen LogP contribution in [-0.4, -0.2) is 41.3 Å². The number of methoxy groups -OCH3 is 3. The van der Waals surface area contributed by atoms with Gasteiger partial charge in [-0.15, -0.1) is 11.3 Å². The molecule has 0 aliphatic heterocycles. The number of hydrogen-bond acceptors (Lipinski definition) is 9. The molecule has 9 heteroatoms. The number of aromatic nitrogens is 4. The molecular formula is C22H21N5O3S. The Morgan fingerprint density at radius 2 is 1.71 bits per heavy atom. The summed E-state index contributed by atoms with van der Waals surface area (Å²) in [6, 6.07) is 9.36. The van der Waals surface area contributed by atoms with Crippen molar-refractivity contribution in [1.29, 1.82) is 0 Å². The first-order valence-corrected chi connectivity index (χ1v) is 10.2. The smallest absolute Gasteiger partial charge is 0.227 e. The van der Waals surface area contributed by atoms with Crippen molar-refractivity contribution in [2.75, 3.05) is 26.6 Å². The van der Waals surface area contributed by atoms with Gasteiger partial charge < -0.3 is 19.5 Å². The van der Waals surface area contributed by atoms with Gasteiger partial charge in [-0.1, -0.05) is 0 Å². The van der Waals surface area contributed by atoms with E-state index in [0.29, 0.717) is 28.9 Å². The average Bonchev–Trinajstić information content (AvgIpc) is 3.20. The highest BCUT2D eigenvalue weighted by Crippen LogP contribution is 2.40. The molecule has 0 unspecified atom stereocenters. The molecular weight excluding hydrogens is 414 g/mol. The number of nitrogens with one attached hydrogen (secondary N) is 1. The number of rotatable bonds is 7. The lowest BCUT2D eigenvalue weighted by molar-refractivity contribution is 0.324. The van der Waals surface area contributed by atoms with Crippen LogP contribution in [0.2, 0.25) is 0 Å². The highest BCUT2D eigenvalue weighted by molar-refractivity contribution is 7.18. The van der Waals surface area contributed by atoms with Crippen molar-refractivity contribution >= 4 is 23.0 Å². The van der Waals surface area contributed by atoms with Crippen LogP contribution in [0.15, 0.2) is 48.9 Å². The Bertz CT molecular complexity index is 1170. The lowest BCUT2D eigenvalue weighted by Crippen LogP contribution is -2.00. The molecule has 0 radical (unpaired) electrons. The standard InChI is InChI=1S/C22H21N5O3S/c1-13-20(31-21(25-13)14-6-5-8-23-12-14)16-7-9-24-22(27-16)26-15-10-17(28-2)19(30-4)18(11-15)29-3/h5-12H,1-4H3,(H,24,26,27). The Kier molecular flexibility index (Phi) is 5.94. The minimum Gasteiger partial charge on any atom is -0.493 e. The Morgan fingerprint density at radius 3 is 2.35 bits per heavy atom. The Labute approximate surface area is 183 Å². The van der Waals surface area contributed by atoms with Crippen LogP contribution in [-0.2, 0) is 0 Å². The first kappa shape index (κ1) is 20.5. The molecule has 0 atom stereocenters. The lowest BCUT2D eigenvalue weighted by Gasteiger charge is -2.14. The normalized spacial score (nSPS) is 10.6. The number of hydrogen-bond donors (Lipinski definition) is 1. The van der Waals surface area contributed by atoms with Crippen LogP contribution in [0.4, 0.5) is 11.6 Å². The van der Waals surface area contributed by atoms with Gasteiger partial charge in [-0.3, -0.25) is 4.98 Å². The second kappa shape index (κ2) is 8.97. The highest BCUT2D eigenvalue weighted by Gasteiger charge is 2.16. The molecule has 0 fully saturated rings. The van der Waals surface area contributed by atoms with Crippen LogP contribution >= 0.6 is 11.3 Å². The fourth-order valence-corrected chi connectivity index (χ4v) is 4.10. The van der Waals surface area contributed by atoms with Crippen LogP contribution in [0, 0.1) is 6.92 Å². The van der Waals surface area contributed by atoms with Crippen molar-refractivity contribution in [3.8, 4) is 38.4 Å². The number of thiazole rings is 1. The first-order chi connectivity index (χ1) is 15.1. The minimum absolute atomic E-state index is 0.447. The third-order valence-corrected chi connectivity index (χ3v) is 5.74. The maximum Gasteiger partial charge on any atom is 0.227 e. The van der Waals surface area contributed by atoms with E-state index in [2.05, 4.69) is 25.3 Å². The van der Waals surface area contributed by atoms with E-state index in [1.807, 2.05) is 25.1 Å². The van der Waals surface area contributed by atoms with Crippen molar-refractivity contribution in [3.63, 3.8) is 0 Å². The molecule has 0 spiro atoms. The summed E-state index contributed by atoms with van der Waals surface area (Å²) in [4.78, 5) is 18.9. The van der Waals surface area contributed by atoms with Crippen molar-refractivity contribution in [2.24, 2.45) is 0 Å². The van der Waals surface area contributed by atoms with E-state index in [1.165, 1.54) is 0 Å². The molecule has 0 aliphatic carbocycles. The van der Waals surface area contributed by atoms with Crippen molar-refractivity contribution in [1.82, 2.24) is 19.9 Å². The largest absolute Gasteiger partial charge is 0.493 e. The third-order valence-electron chi connectivity index (χ3n) is 4.51. The third kappa shape index (κ3) is 4.26. The first-order valence-electron chi connectivity index (χ1n) is 9.41. The van der Waals surface area contributed by atoms with Crippen molar-refractivity contribution in [2.45, 2.75) is 6.92 Å². The number of pyridine rings is 1. The summed E-state index contributed by atoms with van der Waals surface area (Å²) in [6.45, 7) is 1.97. The zero-order valence-electron chi connectivity index (χ0n) is 17.5. The van der Waals surface area contributed by atoms with Gasteiger partial charge in [-0.2, -0.15) is 0 Å². The number of aryl methyl sites for hydroxylation is 1. The SMILES string of the molecule is COc1cc(Nc2nccc(-c3sc(-c4cccnc4)nc3C)n2)cc(OC)c1OC. The number of nitrogens with zero attached hydrogens (tertiary/aromatic N) is 4. The molecule has 158 valence electrons. The fraction of sp³-hybridized carbons (Fsp3) is 0.182. The van der Waals surface area contributed by atoms with Gasteiger partial charge >= 0.3 is 0 Å². The van der Waals surface area contributed by atoms with Gasteiger partial charge in [-0.25, -0.2) is 15.0 Å². The lowest BCUT2D eigenvalue weighted by atomic mass is 10.2. The molecule has 1 N–H and O–H groups in total. The number of benzene rings is 1. The maximum atomic E-state index is 5.41. The van der Waals surface area contributed by atoms with E-state index < -0.39 is 0 Å². The predicted octanol–water partition coefficient (Wildman–Crippen LogP) is 4.74. The van der Waals surface area contributed by atoms with Gasteiger partial charge in [-0.05, 0) is 25.1 Å². The summed E-state index contributed by atoms with van der Waals surface area (Å²) in [7, 11) is 4.71. The minimum atomic E-state index is 0.447. The van der Waals surface area contributed by atoms with Gasteiger partial charge in [0.1, 0.15) is 5.01 Å². The molecule has 0 bridgehead atoms. The zero-order valence-corrected chi connectivity index (χ0v) is 18.4. The molecule has 1 aromatic carbocycles. The molecule has 3 aromatic heterocycles. The van der Waals surface area contributed by atoms with Crippen LogP contribution in [0.1, 0.15) is 5.69 Å². The molecule has 31 heavy (non-hydrogen) atoms. The second-order valence-electron chi connectivity index (χ2n) is 6.48. The van der Waals surface area contributed by atoms with E-state index in [9.17, 15) is 0 Å². The van der Waals surface area contributed by atoms with E-state index in [0.717, 1.165) is 26.8 Å². The van der Waals surface area contributed by atoms with Gasteiger partial charge in [0.25, 0.3) is 0 Å². The predicted molar refractivity (Wildman–Crippen MR) is 120 cm³/mol. The Hall–Kier alpha value is -3.72. The van der Waals surface area contributed by atoms with Crippen LogP contribution < -0.4 is 19.5 Å². The zero-order chi connectivity index (χ0) is 21.8. The average molecular weight is 436 g/mol. The topological polar surface area (TPSA) is 91.3 Å². The van der Waals surface area contributed by atoms with E-state index in [-0.39, 0.29) is 0 Å². The van der Waals surface area contributed by atoms with E-state index >= 15 is 0 Å². The summed E-state index contributed by atoms with van der Waals surface area (Å²) in [5, 5.41) is 4.11. The molecule has 4 rings (SSSR count). The van der Waals surface area contributed by atoms with Crippen molar-refractivity contribution in [3.05, 3.63) is 54.6 Å². The number of anilines is 2. The van der Waals surface area contributed by atoms with Gasteiger partial charge in [0.2, 0.25) is 11.7 Å². The summed E-state index contributed by atoms with van der Waals surface area (Å²) >= 11 is 1.57. The second-order valence-corrected chi connectivity index (χ2v) is 7.48. The maximum absolute atomic E-state index is 5.41. The summed E-state index contributed by atoms with van der Waals surface area (Å²) < 4.78 is 16.2. The fourth-order valence-electron chi connectivity index (χ4n) is 3.07. The molecule has 0 amide bonds. The number of ether oxygens (including phenoxy) is 3. The van der Waals surface area contributed by atoms with Gasteiger partial charge in [0, 0.05) is 42.0 Å². The van der Waals surface area contributed by atoms with E-state index in [4.69, 9.17) is 14.2 Å². The van der Waals surface area contributed by atoms with E-state index in [1.54, 1.807) is 63.4 Å². The summed E-state index contributed by atoms with van der Waals surface area (Å²) in [5.41, 5.74) is 3.38. The Balaban J connectivity index is 1.65. The molecule has 8 nitrogen and oxygen atoms in total. The van der Waals surface area contributed by atoms with Crippen LogP contribution in [0.25, 0.3) is 21.1 Å². The van der Waals surface area contributed by atoms with Gasteiger partial charge in [0.05, 0.1) is 37.6 Å². The van der Waals surface area contributed by atoms with Crippen LogP contribution in [0.3, 0.4) is 0 Å². The molecule has 0 aliphatic rings. The quantitative estimate of drug-likeness (QED) is 0.445. The summed E-state index contributed by atoms with van der Waals surface area (Å²) in [6.07, 6.45) is 5.27. The van der Waals surface area contributed by atoms with Crippen LogP contribution in [0.5, 0.6) is 17.2 Å². The van der Waals surface area contributed by atoms with Crippen molar-refractivity contribution < 1.29 is 14.2 Å². The molecule has 3 heterocycles. The Morgan fingerprint density at radius 1 is 0.935 bits per heavy atom.